The lowest BCUT2D eigenvalue weighted by atomic mass is 9.83. The molecule has 0 amide bonds. The average molecular weight is 1370 g/mol. The van der Waals surface area contributed by atoms with Gasteiger partial charge in [0.1, 0.15) is 11.6 Å². The lowest BCUT2D eigenvalue weighted by molar-refractivity contribution is -0.137. The molecule has 2 aromatic heterocycles. The number of nitrogens with zero attached hydrogens (tertiary/aromatic N) is 4. The SMILES string of the molecule is FC(F)(F)Cc1ccc2c(c1)nc(-c1ccccc1)n2-c1cccc(-c2c3ccccc3c(-c3ccc(-c4ccccc4)cc3)c3ccccc23)c1.FC(F)(F)c1ccc2c(c1)nc(-c1cccc(-c3c4ccccc4c(-c4cc5ccccc5c5ccccc45)c4ccccc34)c1)n2-c1ccccc1. The van der Waals surface area contributed by atoms with E-state index in [0.29, 0.717) is 22.7 Å². The molecule has 0 saturated carbocycles. The molecule has 4 nitrogen and oxygen atoms in total. The lowest BCUT2D eigenvalue weighted by Crippen LogP contribution is -2.11. The summed E-state index contributed by atoms with van der Waals surface area (Å²) in [4.78, 5) is 9.78. The third-order valence-electron chi connectivity index (χ3n) is 20.1. The molecule has 502 valence electrons. The molecule has 0 atom stereocenters. The van der Waals surface area contributed by atoms with E-state index in [0.717, 1.165) is 111 Å². The van der Waals surface area contributed by atoms with Crippen molar-refractivity contribution in [2.24, 2.45) is 0 Å². The molecule has 10 heteroatoms. The van der Waals surface area contributed by atoms with Crippen LogP contribution in [0.2, 0.25) is 0 Å². The summed E-state index contributed by atoms with van der Waals surface area (Å²) in [6.07, 6.45) is -9.78. The zero-order valence-corrected chi connectivity index (χ0v) is 56.3. The molecular weight excluding hydrogens is 1310 g/mol. The van der Waals surface area contributed by atoms with Crippen LogP contribution in [0.4, 0.5) is 26.3 Å². The maximum absolute atomic E-state index is 13.8. The summed E-state index contributed by atoms with van der Waals surface area (Å²) in [6.45, 7) is 0. The maximum atomic E-state index is 13.8. The Labute approximate surface area is 600 Å². The van der Waals surface area contributed by atoms with Gasteiger partial charge in [0.05, 0.1) is 34.1 Å². The highest BCUT2D eigenvalue weighted by atomic mass is 19.4. The van der Waals surface area contributed by atoms with E-state index < -0.39 is 24.3 Å². The molecule has 0 aliphatic carbocycles. The van der Waals surface area contributed by atoms with Gasteiger partial charge in [0.2, 0.25) is 0 Å². The van der Waals surface area contributed by atoms with Gasteiger partial charge in [-0.05, 0) is 193 Å². The molecule has 0 aliphatic heterocycles. The normalized spacial score (nSPS) is 11.9. The Morgan fingerprint density at radius 3 is 1.21 bits per heavy atom. The van der Waals surface area contributed by atoms with Gasteiger partial charge < -0.3 is 0 Å². The minimum atomic E-state index is -4.47. The van der Waals surface area contributed by atoms with Crippen molar-refractivity contribution in [1.82, 2.24) is 19.1 Å². The minimum absolute atomic E-state index is 0.186. The number of fused-ring (bicyclic) bond motifs is 9. The summed E-state index contributed by atoms with van der Waals surface area (Å²) in [5.41, 5.74) is 16.3. The Bertz CT molecular complexity index is 6460. The molecule has 0 fully saturated rings. The highest BCUT2D eigenvalue weighted by Crippen LogP contribution is 2.49. The fraction of sp³-hybridized carbons (Fsp3) is 0.0316. The van der Waals surface area contributed by atoms with Crippen LogP contribution in [-0.2, 0) is 12.6 Å². The first-order chi connectivity index (χ1) is 51.3. The number of rotatable bonds is 10. The standard InChI is InChI=1S/C48H29F3N2.C47H31F3N2/c49-48(50,51)33-25-26-44-43(29-33)52-47(53(44)34-16-2-1-3-17-34)32-15-12-14-31(27-32)45-38-21-8-10-23-40(38)46(41-24-11-9-22-39(41)45)42-28-30-13-4-5-18-35(30)36-19-6-7-20-37(36)42;48-47(49,50)30-31-22-27-43-42(28-31)51-46(35-14-5-2-6-15-35)52(43)37-17-11-16-36(29-37)45-40-20-9-7-18-38(40)44(39-19-8-10-21-41(39)45)34-25-23-33(24-26-34)32-12-3-1-4-13-32/h1-29H;1-29H,30H2. The number of alkyl halides is 6. The van der Waals surface area contributed by atoms with E-state index in [9.17, 15) is 26.3 Å². The van der Waals surface area contributed by atoms with Crippen molar-refractivity contribution in [1.29, 1.82) is 0 Å². The maximum Gasteiger partial charge on any atom is 0.416 e. The van der Waals surface area contributed by atoms with Gasteiger partial charge >= 0.3 is 12.4 Å². The highest BCUT2D eigenvalue weighted by Gasteiger charge is 2.32. The van der Waals surface area contributed by atoms with E-state index >= 15 is 0 Å². The summed E-state index contributed by atoms with van der Waals surface area (Å²) in [7, 11) is 0. The van der Waals surface area contributed by atoms with Gasteiger partial charge in [0.15, 0.2) is 0 Å². The van der Waals surface area contributed by atoms with Crippen LogP contribution < -0.4 is 0 Å². The number of halogens is 6. The summed E-state index contributed by atoms with van der Waals surface area (Å²) in [5.74, 6) is 1.24. The van der Waals surface area contributed by atoms with E-state index in [2.05, 4.69) is 229 Å². The second kappa shape index (κ2) is 26.0. The molecule has 0 radical (unpaired) electrons. The third-order valence-corrected chi connectivity index (χ3v) is 20.1. The zero-order chi connectivity index (χ0) is 70.9. The largest absolute Gasteiger partial charge is 0.416 e. The van der Waals surface area contributed by atoms with E-state index in [1.807, 2.05) is 95.6 Å². The Hall–Kier alpha value is -13.2. The van der Waals surface area contributed by atoms with Crippen LogP contribution in [0, 0.1) is 0 Å². The van der Waals surface area contributed by atoms with Crippen molar-refractivity contribution in [2.45, 2.75) is 18.8 Å². The Balaban J connectivity index is 0.000000149. The van der Waals surface area contributed by atoms with Crippen molar-refractivity contribution in [2.75, 3.05) is 0 Å². The molecule has 17 aromatic carbocycles. The number of hydrogen-bond acceptors (Lipinski definition) is 2. The summed E-state index contributed by atoms with van der Waals surface area (Å²) >= 11 is 0. The topological polar surface area (TPSA) is 35.6 Å². The number of benzene rings is 17. The molecule has 0 unspecified atom stereocenters. The fourth-order valence-corrected chi connectivity index (χ4v) is 15.6. The van der Waals surface area contributed by atoms with Gasteiger partial charge in [-0.25, -0.2) is 9.97 Å². The van der Waals surface area contributed by atoms with Gasteiger partial charge in [0, 0.05) is 22.5 Å². The van der Waals surface area contributed by atoms with E-state index in [1.54, 1.807) is 18.2 Å². The van der Waals surface area contributed by atoms with Crippen LogP contribution in [0.3, 0.4) is 0 Å². The summed E-state index contributed by atoms with van der Waals surface area (Å²) in [6, 6.07) is 118. The lowest BCUT2D eigenvalue weighted by Gasteiger charge is -2.20. The molecule has 105 heavy (non-hydrogen) atoms. The molecule has 19 aromatic rings. The first-order valence-corrected chi connectivity index (χ1v) is 34.8. The molecule has 19 rings (SSSR count). The van der Waals surface area contributed by atoms with Crippen molar-refractivity contribution >= 4 is 86.7 Å². The zero-order valence-electron chi connectivity index (χ0n) is 56.3. The van der Waals surface area contributed by atoms with Gasteiger partial charge in [-0.15, -0.1) is 0 Å². The van der Waals surface area contributed by atoms with E-state index in [4.69, 9.17) is 9.97 Å². The number of para-hydroxylation sites is 1. The van der Waals surface area contributed by atoms with Crippen LogP contribution in [0.5, 0.6) is 0 Å². The van der Waals surface area contributed by atoms with Crippen molar-refractivity contribution in [3.63, 3.8) is 0 Å². The quantitative estimate of drug-likeness (QED) is 0.0777. The Morgan fingerprint density at radius 1 is 0.257 bits per heavy atom. The van der Waals surface area contributed by atoms with Crippen LogP contribution in [0.1, 0.15) is 11.1 Å². The molecule has 0 spiro atoms. The van der Waals surface area contributed by atoms with Gasteiger partial charge in [-0.3, -0.25) is 9.13 Å². The fourth-order valence-electron chi connectivity index (χ4n) is 15.6. The van der Waals surface area contributed by atoms with Crippen LogP contribution in [0.25, 0.3) is 176 Å². The Morgan fingerprint density at radius 2 is 0.648 bits per heavy atom. The van der Waals surface area contributed by atoms with Gasteiger partial charge in [-0.1, -0.05) is 285 Å². The van der Waals surface area contributed by atoms with Crippen molar-refractivity contribution in [3.8, 4) is 89.8 Å². The van der Waals surface area contributed by atoms with Crippen molar-refractivity contribution in [3.05, 3.63) is 363 Å². The molecule has 0 bridgehead atoms. The second-order valence-corrected chi connectivity index (χ2v) is 26.5. The first kappa shape index (κ1) is 64.0. The van der Waals surface area contributed by atoms with E-state index in [-0.39, 0.29) is 11.1 Å². The number of aromatic nitrogens is 4. The van der Waals surface area contributed by atoms with Crippen molar-refractivity contribution < 1.29 is 26.3 Å². The molecular formula is C95H60F6N4. The molecule has 2 heterocycles. The third kappa shape index (κ3) is 11.7. The van der Waals surface area contributed by atoms with Crippen LogP contribution in [-0.4, -0.2) is 25.3 Å². The smallest absolute Gasteiger partial charge is 0.292 e. The van der Waals surface area contributed by atoms with E-state index in [1.165, 1.54) is 55.4 Å². The molecule has 0 N–H and O–H groups in total. The van der Waals surface area contributed by atoms with Crippen LogP contribution in [0.15, 0.2) is 352 Å². The predicted octanol–water partition coefficient (Wildman–Crippen LogP) is 26.8. The van der Waals surface area contributed by atoms with Crippen LogP contribution >= 0.6 is 0 Å². The Kier molecular flexibility index (Phi) is 15.8. The predicted molar refractivity (Wildman–Crippen MR) is 420 cm³/mol. The first-order valence-electron chi connectivity index (χ1n) is 34.8. The van der Waals surface area contributed by atoms with Gasteiger partial charge in [0.25, 0.3) is 0 Å². The highest BCUT2D eigenvalue weighted by molar-refractivity contribution is 6.26. The molecule has 0 saturated heterocycles. The summed E-state index contributed by atoms with van der Waals surface area (Å²) in [5, 5.41) is 13.9. The number of imidazole rings is 2. The summed E-state index contributed by atoms with van der Waals surface area (Å²) < 4.78 is 85.5. The number of hydrogen-bond donors (Lipinski definition) is 0. The second-order valence-electron chi connectivity index (χ2n) is 26.5. The van der Waals surface area contributed by atoms with Gasteiger partial charge in [-0.2, -0.15) is 26.3 Å². The monoisotopic (exact) mass is 1370 g/mol. The minimum Gasteiger partial charge on any atom is -0.292 e. The average Bonchev–Trinajstić information content (AvgIpc) is 1.46. The molecule has 0 aliphatic rings.